The third-order valence-corrected chi connectivity index (χ3v) is 4.44. The molecule has 1 unspecified atom stereocenters. The molecule has 0 radical (unpaired) electrons. The molecule has 1 heterocycles. The standard InChI is InChI=1S/C17H25N3S/c1-4-20(5-2)11-16-8-6-15(7-9-16)10-18-14(3)17-12-21-13-19-17/h6-9,12-14,18H,4-5,10-11H2,1-3H3. The van der Waals surface area contributed by atoms with E-state index in [1.807, 2.05) is 5.51 Å². The smallest absolute Gasteiger partial charge is 0.0795 e. The monoisotopic (exact) mass is 303 g/mol. The van der Waals surface area contributed by atoms with Crippen LogP contribution in [-0.4, -0.2) is 23.0 Å². The summed E-state index contributed by atoms with van der Waals surface area (Å²) in [4.78, 5) is 6.77. The first-order chi connectivity index (χ1) is 10.2. The van der Waals surface area contributed by atoms with E-state index >= 15 is 0 Å². The van der Waals surface area contributed by atoms with E-state index in [-0.39, 0.29) is 0 Å². The van der Waals surface area contributed by atoms with Crippen molar-refractivity contribution < 1.29 is 0 Å². The fourth-order valence-corrected chi connectivity index (χ4v) is 2.93. The molecule has 0 aliphatic heterocycles. The zero-order valence-corrected chi connectivity index (χ0v) is 14.0. The molecule has 0 bridgehead atoms. The van der Waals surface area contributed by atoms with E-state index in [2.05, 4.69) is 65.6 Å². The lowest BCUT2D eigenvalue weighted by atomic mass is 10.1. The first-order valence-electron chi connectivity index (χ1n) is 7.64. The molecular weight excluding hydrogens is 278 g/mol. The van der Waals surface area contributed by atoms with Crippen LogP contribution in [0.1, 0.15) is 43.6 Å². The minimum absolute atomic E-state index is 0.298. The first-order valence-corrected chi connectivity index (χ1v) is 8.58. The largest absolute Gasteiger partial charge is 0.305 e. The maximum Gasteiger partial charge on any atom is 0.0795 e. The van der Waals surface area contributed by atoms with Crippen LogP contribution in [0.5, 0.6) is 0 Å². The Hall–Kier alpha value is -1.23. The van der Waals surface area contributed by atoms with Gasteiger partial charge < -0.3 is 5.32 Å². The average molecular weight is 303 g/mol. The van der Waals surface area contributed by atoms with Gasteiger partial charge in [-0.15, -0.1) is 11.3 Å². The SMILES string of the molecule is CCN(CC)Cc1ccc(CNC(C)c2cscn2)cc1. The Morgan fingerprint density at radius 2 is 1.81 bits per heavy atom. The van der Waals surface area contributed by atoms with E-state index in [9.17, 15) is 0 Å². The Balaban J connectivity index is 1.85. The number of hydrogen-bond acceptors (Lipinski definition) is 4. The molecule has 1 atom stereocenters. The summed E-state index contributed by atoms with van der Waals surface area (Å²) in [6.45, 7) is 10.7. The minimum Gasteiger partial charge on any atom is -0.305 e. The molecule has 2 rings (SSSR count). The van der Waals surface area contributed by atoms with Crippen LogP contribution in [0, 0.1) is 0 Å². The van der Waals surface area contributed by atoms with Crippen molar-refractivity contribution in [1.29, 1.82) is 0 Å². The summed E-state index contributed by atoms with van der Waals surface area (Å²) in [6.07, 6.45) is 0. The van der Waals surface area contributed by atoms with Gasteiger partial charge in [0, 0.05) is 24.5 Å². The third-order valence-electron chi connectivity index (χ3n) is 3.83. The van der Waals surface area contributed by atoms with Gasteiger partial charge in [0.15, 0.2) is 0 Å². The normalized spacial score (nSPS) is 12.8. The second-order valence-electron chi connectivity index (χ2n) is 5.29. The van der Waals surface area contributed by atoms with Crippen molar-refractivity contribution in [2.75, 3.05) is 13.1 Å². The summed E-state index contributed by atoms with van der Waals surface area (Å²) in [5, 5.41) is 5.62. The summed E-state index contributed by atoms with van der Waals surface area (Å²) in [6, 6.07) is 9.22. The van der Waals surface area contributed by atoms with Crippen LogP contribution in [0.3, 0.4) is 0 Å². The van der Waals surface area contributed by atoms with Gasteiger partial charge >= 0.3 is 0 Å². The zero-order valence-electron chi connectivity index (χ0n) is 13.2. The fourth-order valence-electron chi connectivity index (χ4n) is 2.28. The first kappa shape index (κ1) is 16.1. The van der Waals surface area contributed by atoms with Crippen molar-refractivity contribution in [2.45, 2.75) is 39.9 Å². The third kappa shape index (κ3) is 4.92. The van der Waals surface area contributed by atoms with Crippen LogP contribution in [0.4, 0.5) is 0 Å². The molecule has 0 spiro atoms. The molecule has 0 amide bonds. The van der Waals surface area contributed by atoms with Crippen molar-refractivity contribution in [2.24, 2.45) is 0 Å². The molecule has 2 aromatic rings. The van der Waals surface area contributed by atoms with Crippen LogP contribution >= 0.6 is 11.3 Å². The predicted molar refractivity (Wildman–Crippen MR) is 90.4 cm³/mol. The van der Waals surface area contributed by atoms with E-state index < -0.39 is 0 Å². The second kappa shape index (κ2) is 8.27. The van der Waals surface area contributed by atoms with E-state index in [0.29, 0.717) is 6.04 Å². The van der Waals surface area contributed by atoms with E-state index in [1.54, 1.807) is 11.3 Å². The topological polar surface area (TPSA) is 28.2 Å². The summed E-state index contributed by atoms with van der Waals surface area (Å²) < 4.78 is 0. The van der Waals surface area contributed by atoms with Gasteiger partial charge in [0.25, 0.3) is 0 Å². The molecular formula is C17H25N3S. The highest BCUT2D eigenvalue weighted by Gasteiger charge is 2.06. The molecule has 1 aromatic carbocycles. The molecule has 0 aliphatic carbocycles. The predicted octanol–water partition coefficient (Wildman–Crippen LogP) is 3.84. The van der Waals surface area contributed by atoms with Gasteiger partial charge in [-0.05, 0) is 31.1 Å². The maximum atomic E-state index is 4.34. The number of rotatable bonds is 8. The summed E-state index contributed by atoms with van der Waals surface area (Å²) >= 11 is 1.65. The Morgan fingerprint density at radius 3 is 2.38 bits per heavy atom. The van der Waals surface area contributed by atoms with Crippen LogP contribution in [0.15, 0.2) is 35.2 Å². The van der Waals surface area contributed by atoms with E-state index in [4.69, 9.17) is 0 Å². The van der Waals surface area contributed by atoms with Crippen LogP contribution in [0.2, 0.25) is 0 Å². The lowest BCUT2D eigenvalue weighted by Gasteiger charge is -2.18. The van der Waals surface area contributed by atoms with Crippen molar-refractivity contribution in [3.05, 3.63) is 52.0 Å². The number of aromatic nitrogens is 1. The lowest BCUT2D eigenvalue weighted by molar-refractivity contribution is 0.296. The van der Waals surface area contributed by atoms with Crippen LogP contribution < -0.4 is 5.32 Å². The number of benzene rings is 1. The molecule has 21 heavy (non-hydrogen) atoms. The minimum atomic E-state index is 0.298. The molecule has 0 saturated heterocycles. The van der Waals surface area contributed by atoms with Crippen molar-refractivity contribution in [3.63, 3.8) is 0 Å². The van der Waals surface area contributed by atoms with Crippen molar-refractivity contribution >= 4 is 11.3 Å². The zero-order chi connectivity index (χ0) is 15.1. The maximum absolute atomic E-state index is 4.34. The second-order valence-corrected chi connectivity index (χ2v) is 6.01. The quantitative estimate of drug-likeness (QED) is 0.803. The molecule has 1 aromatic heterocycles. The van der Waals surface area contributed by atoms with Gasteiger partial charge in [-0.25, -0.2) is 4.98 Å². The van der Waals surface area contributed by atoms with Gasteiger partial charge in [0.05, 0.1) is 11.2 Å². The van der Waals surface area contributed by atoms with Gasteiger partial charge in [-0.2, -0.15) is 0 Å². The van der Waals surface area contributed by atoms with Crippen LogP contribution in [-0.2, 0) is 13.1 Å². The Kier molecular flexibility index (Phi) is 6.36. The van der Waals surface area contributed by atoms with Gasteiger partial charge in [-0.1, -0.05) is 38.1 Å². The molecule has 0 saturated carbocycles. The van der Waals surface area contributed by atoms with E-state index in [1.165, 1.54) is 11.1 Å². The van der Waals surface area contributed by atoms with Gasteiger partial charge in [-0.3, -0.25) is 4.90 Å². The molecule has 1 N–H and O–H groups in total. The Bertz CT molecular complexity index is 503. The Morgan fingerprint density at radius 1 is 1.14 bits per heavy atom. The average Bonchev–Trinajstić information content (AvgIpc) is 3.06. The molecule has 114 valence electrons. The summed E-state index contributed by atoms with van der Waals surface area (Å²) in [7, 11) is 0. The number of hydrogen-bond donors (Lipinski definition) is 1. The van der Waals surface area contributed by atoms with Gasteiger partial charge in [0.1, 0.15) is 0 Å². The summed E-state index contributed by atoms with van der Waals surface area (Å²) in [5.74, 6) is 0. The Labute approximate surface area is 132 Å². The molecule has 3 nitrogen and oxygen atoms in total. The van der Waals surface area contributed by atoms with E-state index in [0.717, 1.165) is 31.9 Å². The molecule has 4 heteroatoms. The number of nitrogens with zero attached hydrogens (tertiary/aromatic N) is 2. The highest BCUT2D eigenvalue weighted by Crippen LogP contribution is 2.13. The van der Waals surface area contributed by atoms with Crippen molar-refractivity contribution in [1.82, 2.24) is 15.2 Å². The fraction of sp³-hybridized carbons (Fsp3) is 0.471. The number of thiazole rings is 1. The highest BCUT2D eigenvalue weighted by atomic mass is 32.1. The van der Waals surface area contributed by atoms with Gasteiger partial charge in [0.2, 0.25) is 0 Å². The summed E-state index contributed by atoms with van der Waals surface area (Å²) in [5.41, 5.74) is 5.71. The van der Waals surface area contributed by atoms with Crippen LogP contribution in [0.25, 0.3) is 0 Å². The lowest BCUT2D eigenvalue weighted by Crippen LogP contribution is -2.22. The molecule has 0 fully saturated rings. The number of nitrogens with one attached hydrogen (secondary N) is 1. The molecule has 0 aliphatic rings. The van der Waals surface area contributed by atoms with Crippen molar-refractivity contribution in [3.8, 4) is 0 Å². The highest BCUT2D eigenvalue weighted by molar-refractivity contribution is 7.07.